The van der Waals surface area contributed by atoms with Gasteiger partial charge in [-0.3, -0.25) is 9.59 Å². The second-order valence-corrected chi connectivity index (χ2v) is 10.8. The number of carbonyl (C=O) groups excluding carboxylic acids is 3. The van der Waals surface area contributed by atoms with Crippen LogP contribution in [0, 0.1) is 0 Å². The maximum absolute atomic E-state index is 13.4. The molecular formula is C28H34F3N5O4S. The number of carbonyl (C=O) groups is 3. The average molecular weight is 594 g/mol. The van der Waals surface area contributed by atoms with E-state index in [-0.39, 0.29) is 29.9 Å². The smallest absolute Gasteiger partial charge is 0.379 e. The molecule has 2 aromatic rings. The van der Waals surface area contributed by atoms with Gasteiger partial charge in [0.1, 0.15) is 0 Å². The lowest BCUT2D eigenvalue weighted by Gasteiger charge is -2.33. The summed E-state index contributed by atoms with van der Waals surface area (Å²) in [6, 6.07) is 9.77. The van der Waals surface area contributed by atoms with E-state index in [0.717, 1.165) is 30.5 Å². The molecule has 4 N–H and O–H groups in total. The van der Waals surface area contributed by atoms with Crippen molar-refractivity contribution in [2.45, 2.75) is 49.0 Å². The van der Waals surface area contributed by atoms with E-state index in [1.807, 2.05) is 30.5 Å². The van der Waals surface area contributed by atoms with Crippen molar-refractivity contribution in [1.29, 1.82) is 0 Å². The molecule has 2 aliphatic rings. The molecule has 0 bridgehead atoms. The molecule has 0 radical (unpaired) electrons. The summed E-state index contributed by atoms with van der Waals surface area (Å²) >= 11 is 1.66. The third-order valence-electron chi connectivity index (χ3n) is 7.07. The summed E-state index contributed by atoms with van der Waals surface area (Å²) in [7, 11) is 0. The Balaban J connectivity index is 1.35. The Labute approximate surface area is 240 Å². The second-order valence-electron chi connectivity index (χ2n) is 9.94. The fourth-order valence-corrected chi connectivity index (χ4v) is 5.17. The Morgan fingerprint density at radius 2 is 1.78 bits per heavy atom. The van der Waals surface area contributed by atoms with Gasteiger partial charge in [-0.25, -0.2) is 4.79 Å². The van der Waals surface area contributed by atoms with Crippen LogP contribution < -0.4 is 21.3 Å². The predicted octanol–water partition coefficient (Wildman–Crippen LogP) is 3.85. The molecule has 41 heavy (non-hydrogen) atoms. The topological polar surface area (TPSA) is 112 Å². The van der Waals surface area contributed by atoms with Gasteiger partial charge in [-0.1, -0.05) is 12.1 Å². The third-order valence-corrected chi connectivity index (χ3v) is 7.81. The van der Waals surface area contributed by atoms with E-state index in [9.17, 15) is 27.6 Å². The number of amides is 4. The van der Waals surface area contributed by atoms with Crippen molar-refractivity contribution < 1.29 is 32.3 Å². The van der Waals surface area contributed by atoms with Gasteiger partial charge in [-0.2, -0.15) is 13.2 Å². The first-order valence-corrected chi connectivity index (χ1v) is 14.7. The van der Waals surface area contributed by atoms with Crippen LogP contribution in [0.25, 0.3) is 0 Å². The molecule has 13 heteroatoms. The van der Waals surface area contributed by atoms with Crippen LogP contribution in [0.4, 0.5) is 23.7 Å². The monoisotopic (exact) mass is 593 g/mol. The number of nitrogens with zero attached hydrogens (tertiary/aromatic N) is 1. The van der Waals surface area contributed by atoms with Crippen LogP contribution in [0.5, 0.6) is 0 Å². The van der Waals surface area contributed by atoms with E-state index in [1.165, 1.54) is 9.80 Å². The summed E-state index contributed by atoms with van der Waals surface area (Å²) in [5, 5.41) is 11.2. The first kappa shape index (κ1) is 30.7. The minimum absolute atomic E-state index is 0.0664. The number of thioether (sulfide) groups is 1. The molecule has 4 rings (SSSR count). The lowest BCUT2D eigenvalue weighted by molar-refractivity contribution is -0.137. The third kappa shape index (κ3) is 8.60. The highest BCUT2D eigenvalue weighted by Gasteiger charge is 2.33. The van der Waals surface area contributed by atoms with Crippen molar-refractivity contribution >= 4 is 35.3 Å². The number of alkyl halides is 3. The largest absolute Gasteiger partial charge is 0.416 e. The fraction of sp³-hybridized carbons (Fsp3) is 0.464. The predicted molar refractivity (Wildman–Crippen MR) is 150 cm³/mol. The summed E-state index contributed by atoms with van der Waals surface area (Å²) in [5.74, 6) is -1.43. The van der Waals surface area contributed by atoms with E-state index in [1.54, 1.807) is 11.8 Å². The Morgan fingerprint density at radius 3 is 2.46 bits per heavy atom. The minimum Gasteiger partial charge on any atom is -0.379 e. The molecule has 9 nitrogen and oxygen atoms in total. The maximum atomic E-state index is 13.4. The van der Waals surface area contributed by atoms with Gasteiger partial charge in [0.25, 0.3) is 5.91 Å². The number of nitrogens with one attached hydrogen (secondary N) is 4. The molecule has 2 aromatic carbocycles. The van der Waals surface area contributed by atoms with Crippen molar-refractivity contribution in [3.05, 3.63) is 59.2 Å². The highest BCUT2D eigenvalue weighted by molar-refractivity contribution is 7.98. The molecule has 0 aliphatic carbocycles. The quantitative estimate of drug-likeness (QED) is 0.329. The normalized spacial score (nSPS) is 19.1. The number of rotatable bonds is 9. The van der Waals surface area contributed by atoms with Crippen LogP contribution >= 0.6 is 11.8 Å². The molecule has 222 valence electrons. The van der Waals surface area contributed by atoms with Gasteiger partial charge in [-0.15, -0.1) is 11.8 Å². The first-order valence-electron chi connectivity index (χ1n) is 13.4. The van der Waals surface area contributed by atoms with Crippen molar-refractivity contribution in [2.24, 2.45) is 0 Å². The Morgan fingerprint density at radius 1 is 1.05 bits per heavy atom. The van der Waals surface area contributed by atoms with Crippen LogP contribution in [-0.2, 0) is 22.3 Å². The Kier molecular flexibility index (Phi) is 10.5. The summed E-state index contributed by atoms with van der Waals surface area (Å²) in [4.78, 5) is 40.9. The van der Waals surface area contributed by atoms with Crippen LogP contribution in [0.1, 0.15) is 40.7 Å². The number of hydrogen-bond acceptors (Lipinski definition) is 6. The average Bonchev–Trinajstić information content (AvgIpc) is 3.51. The SMILES string of the molecule is CSc1ccc(CN[C@@H]2CCOC[C@@H]2NC(=O)CNC(=O)c2cc(C(F)(F)F)ccc2NC(=O)N2CCCC2)cc1. The van der Waals surface area contributed by atoms with Crippen LogP contribution in [0.3, 0.4) is 0 Å². The summed E-state index contributed by atoms with van der Waals surface area (Å²) in [6.45, 7) is 2.01. The number of benzene rings is 2. The molecule has 0 aromatic heterocycles. The summed E-state index contributed by atoms with van der Waals surface area (Å²) in [5.41, 5.74) is -0.389. The number of urea groups is 1. The number of likely N-dealkylation sites (tertiary alicyclic amines) is 1. The van der Waals surface area contributed by atoms with Crippen LogP contribution in [-0.4, -0.2) is 73.9 Å². The van der Waals surface area contributed by atoms with Crippen molar-refractivity contribution in [3.8, 4) is 0 Å². The van der Waals surface area contributed by atoms with E-state index >= 15 is 0 Å². The number of ether oxygens (including phenoxy) is 1. The molecule has 2 saturated heterocycles. The minimum atomic E-state index is -4.69. The van der Waals surface area contributed by atoms with Gasteiger partial charge >= 0.3 is 12.2 Å². The van der Waals surface area contributed by atoms with Gasteiger partial charge in [0.15, 0.2) is 0 Å². The van der Waals surface area contributed by atoms with Gasteiger partial charge in [0, 0.05) is 37.2 Å². The molecule has 2 aliphatic heterocycles. The van der Waals surface area contributed by atoms with Crippen molar-refractivity contribution in [3.63, 3.8) is 0 Å². The molecule has 0 spiro atoms. The molecule has 2 heterocycles. The van der Waals surface area contributed by atoms with Crippen molar-refractivity contribution in [1.82, 2.24) is 20.9 Å². The molecule has 0 unspecified atom stereocenters. The lowest BCUT2D eigenvalue weighted by Crippen LogP contribution is -2.56. The standard InChI is InChI=1S/C28H34F3N5O4S/c1-41-20-7-4-18(5-8-20)15-32-23-10-13-40-17-24(23)34-25(37)16-33-26(38)21-14-19(28(29,30)31)6-9-22(21)35-27(39)36-11-2-3-12-36/h4-9,14,23-24,32H,2-3,10-13,15-17H2,1H3,(H,33,38)(H,34,37)(H,35,39)/t23-,24+/m1/s1. The number of anilines is 1. The summed E-state index contributed by atoms with van der Waals surface area (Å²) < 4.78 is 45.7. The highest BCUT2D eigenvalue weighted by Crippen LogP contribution is 2.32. The van der Waals surface area contributed by atoms with Crippen LogP contribution in [0.2, 0.25) is 0 Å². The Bertz CT molecular complexity index is 1220. The molecule has 0 saturated carbocycles. The van der Waals surface area contributed by atoms with E-state index in [4.69, 9.17) is 4.74 Å². The zero-order chi connectivity index (χ0) is 29.4. The van der Waals surface area contributed by atoms with E-state index in [2.05, 4.69) is 21.3 Å². The maximum Gasteiger partial charge on any atom is 0.416 e. The second kappa shape index (κ2) is 14.1. The molecule has 2 fully saturated rings. The van der Waals surface area contributed by atoms with Crippen LogP contribution in [0.15, 0.2) is 47.4 Å². The first-order chi connectivity index (χ1) is 19.6. The summed E-state index contributed by atoms with van der Waals surface area (Å²) in [6.07, 6.45) is -0.349. The van der Waals surface area contributed by atoms with Crippen molar-refractivity contribution in [2.75, 3.05) is 44.4 Å². The highest BCUT2D eigenvalue weighted by atomic mass is 32.2. The Hall–Kier alpha value is -3.29. The molecule has 4 amide bonds. The van der Waals surface area contributed by atoms with Gasteiger partial charge in [0.2, 0.25) is 5.91 Å². The van der Waals surface area contributed by atoms with Gasteiger partial charge < -0.3 is 30.9 Å². The molecule has 2 atom stereocenters. The number of halogens is 3. The zero-order valence-electron chi connectivity index (χ0n) is 22.7. The lowest BCUT2D eigenvalue weighted by atomic mass is 10.0. The van der Waals surface area contributed by atoms with E-state index < -0.39 is 36.1 Å². The fourth-order valence-electron chi connectivity index (χ4n) is 4.76. The molecular weight excluding hydrogens is 559 g/mol. The van der Waals surface area contributed by atoms with E-state index in [0.29, 0.717) is 38.7 Å². The van der Waals surface area contributed by atoms with Gasteiger partial charge in [0.05, 0.1) is 36.0 Å². The van der Waals surface area contributed by atoms with Gasteiger partial charge in [-0.05, 0) is 61.4 Å². The number of hydrogen-bond donors (Lipinski definition) is 4. The zero-order valence-corrected chi connectivity index (χ0v) is 23.5.